The molecule has 1 aromatic carbocycles. The predicted octanol–water partition coefficient (Wildman–Crippen LogP) is 2.89. The molecule has 1 rings (SSSR count). The van der Waals surface area contributed by atoms with Crippen molar-refractivity contribution < 1.29 is 9.47 Å². The van der Waals surface area contributed by atoms with Crippen LogP contribution in [0.2, 0.25) is 0 Å². The molecule has 0 fully saturated rings. The minimum Gasteiger partial charge on any atom is -0.493 e. The molecule has 16 heavy (non-hydrogen) atoms. The molecule has 0 aliphatic heterocycles. The lowest BCUT2D eigenvalue weighted by Crippen LogP contribution is -2.11. The van der Waals surface area contributed by atoms with Crippen molar-refractivity contribution in [1.29, 1.82) is 0 Å². The van der Waals surface area contributed by atoms with Gasteiger partial charge in [-0.05, 0) is 12.5 Å². The number of hydrogen-bond acceptors (Lipinski definition) is 3. The maximum absolute atomic E-state index is 6.15. The summed E-state index contributed by atoms with van der Waals surface area (Å²) in [6.45, 7) is 2.16. The first-order valence-electron chi connectivity index (χ1n) is 5.71. The maximum atomic E-state index is 6.15. The van der Waals surface area contributed by atoms with E-state index in [4.69, 9.17) is 15.2 Å². The molecule has 0 aromatic heterocycles. The van der Waals surface area contributed by atoms with Gasteiger partial charge in [0.2, 0.25) is 0 Å². The van der Waals surface area contributed by atoms with Crippen molar-refractivity contribution in [2.24, 2.45) is 5.73 Å². The molecule has 0 heterocycles. The maximum Gasteiger partial charge on any atom is 0.165 e. The Morgan fingerprint density at radius 3 is 2.56 bits per heavy atom. The molecule has 1 aromatic rings. The molecule has 0 aliphatic carbocycles. The Morgan fingerprint density at radius 2 is 2.00 bits per heavy atom. The van der Waals surface area contributed by atoms with Crippen LogP contribution in [0.3, 0.4) is 0 Å². The van der Waals surface area contributed by atoms with E-state index in [1.165, 1.54) is 0 Å². The quantitative estimate of drug-likeness (QED) is 0.806. The van der Waals surface area contributed by atoms with Crippen LogP contribution in [-0.4, -0.2) is 14.2 Å². The molecular weight excluding hydrogens is 202 g/mol. The van der Waals surface area contributed by atoms with E-state index in [9.17, 15) is 0 Å². The number of ether oxygens (including phenoxy) is 2. The standard InChI is InChI=1S/C13H21NO2/c1-4-5-8-11(14)10-7-6-9-12(15-2)13(10)16-3/h6-7,9,11H,4-5,8,14H2,1-3H3/t11-/m1/s1. The van der Waals surface area contributed by atoms with Gasteiger partial charge in [-0.1, -0.05) is 31.9 Å². The van der Waals surface area contributed by atoms with Gasteiger partial charge < -0.3 is 15.2 Å². The third kappa shape index (κ3) is 2.89. The van der Waals surface area contributed by atoms with Crippen molar-refractivity contribution in [3.05, 3.63) is 23.8 Å². The summed E-state index contributed by atoms with van der Waals surface area (Å²) in [5.41, 5.74) is 7.17. The van der Waals surface area contributed by atoms with Gasteiger partial charge in [0.15, 0.2) is 11.5 Å². The average Bonchev–Trinajstić information content (AvgIpc) is 2.34. The average molecular weight is 223 g/mol. The van der Waals surface area contributed by atoms with Crippen LogP contribution in [0.4, 0.5) is 0 Å². The molecule has 2 N–H and O–H groups in total. The first-order chi connectivity index (χ1) is 7.74. The lowest BCUT2D eigenvalue weighted by molar-refractivity contribution is 0.348. The molecule has 0 bridgehead atoms. The molecule has 0 amide bonds. The highest BCUT2D eigenvalue weighted by molar-refractivity contribution is 5.47. The van der Waals surface area contributed by atoms with Gasteiger partial charge in [-0.3, -0.25) is 0 Å². The minimum absolute atomic E-state index is 0.0185. The van der Waals surface area contributed by atoms with Gasteiger partial charge in [0.1, 0.15) is 0 Å². The van der Waals surface area contributed by atoms with Crippen LogP contribution in [0.5, 0.6) is 11.5 Å². The molecule has 0 radical (unpaired) electrons. The number of hydrogen-bond donors (Lipinski definition) is 1. The lowest BCUT2D eigenvalue weighted by Gasteiger charge is -2.17. The van der Waals surface area contributed by atoms with Gasteiger partial charge in [-0.25, -0.2) is 0 Å². The highest BCUT2D eigenvalue weighted by Gasteiger charge is 2.14. The second-order valence-electron chi connectivity index (χ2n) is 3.83. The van der Waals surface area contributed by atoms with E-state index in [0.717, 1.165) is 36.3 Å². The molecule has 0 saturated carbocycles. The highest BCUT2D eigenvalue weighted by atomic mass is 16.5. The van der Waals surface area contributed by atoms with E-state index in [1.807, 2.05) is 18.2 Å². The fourth-order valence-corrected chi connectivity index (χ4v) is 1.78. The van der Waals surface area contributed by atoms with Crippen molar-refractivity contribution in [2.75, 3.05) is 14.2 Å². The zero-order valence-corrected chi connectivity index (χ0v) is 10.3. The third-order valence-corrected chi connectivity index (χ3v) is 2.70. The van der Waals surface area contributed by atoms with Crippen molar-refractivity contribution >= 4 is 0 Å². The van der Waals surface area contributed by atoms with Crippen LogP contribution in [0, 0.1) is 0 Å². The van der Waals surface area contributed by atoms with Crippen molar-refractivity contribution in [3.8, 4) is 11.5 Å². The monoisotopic (exact) mass is 223 g/mol. The number of unbranched alkanes of at least 4 members (excludes halogenated alkanes) is 1. The zero-order valence-electron chi connectivity index (χ0n) is 10.3. The Hall–Kier alpha value is -1.22. The molecule has 90 valence electrons. The van der Waals surface area contributed by atoms with E-state index in [-0.39, 0.29) is 6.04 Å². The molecule has 0 spiro atoms. The van der Waals surface area contributed by atoms with E-state index < -0.39 is 0 Å². The van der Waals surface area contributed by atoms with E-state index in [1.54, 1.807) is 14.2 Å². The Labute approximate surface area is 97.6 Å². The predicted molar refractivity (Wildman–Crippen MR) is 66.0 cm³/mol. The Balaban J connectivity index is 2.93. The molecule has 3 heteroatoms. The van der Waals surface area contributed by atoms with Crippen LogP contribution in [-0.2, 0) is 0 Å². The summed E-state index contributed by atoms with van der Waals surface area (Å²) in [6.07, 6.45) is 3.25. The highest BCUT2D eigenvalue weighted by Crippen LogP contribution is 2.35. The summed E-state index contributed by atoms with van der Waals surface area (Å²) < 4.78 is 10.6. The molecule has 3 nitrogen and oxygen atoms in total. The van der Waals surface area contributed by atoms with Gasteiger partial charge in [-0.15, -0.1) is 0 Å². The summed E-state index contributed by atoms with van der Waals surface area (Å²) in [4.78, 5) is 0. The van der Waals surface area contributed by atoms with Crippen molar-refractivity contribution in [1.82, 2.24) is 0 Å². The van der Waals surface area contributed by atoms with Crippen LogP contribution in [0.25, 0.3) is 0 Å². The molecule has 0 aliphatic rings. The summed E-state index contributed by atoms with van der Waals surface area (Å²) in [7, 11) is 3.28. The zero-order chi connectivity index (χ0) is 12.0. The normalized spacial score (nSPS) is 12.2. The molecular formula is C13H21NO2. The van der Waals surface area contributed by atoms with Gasteiger partial charge in [-0.2, -0.15) is 0 Å². The largest absolute Gasteiger partial charge is 0.493 e. The van der Waals surface area contributed by atoms with Crippen LogP contribution in [0.15, 0.2) is 18.2 Å². The van der Waals surface area contributed by atoms with Gasteiger partial charge in [0.05, 0.1) is 14.2 Å². The van der Waals surface area contributed by atoms with Gasteiger partial charge in [0, 0.05) is 11.6 Å². The van der Waals surface area contributed by atoms with Crippen LogP contribution < -0.4 is 15.2 Å². The van der Waals surface area contributed by atoms with Crippen LogP contribution >= 0.6 is 0 Å². The number of benzene rings is 1. The smallest absolute Gasteiger partial charge is 0.165 e. The van der Waals surface area contributed by atoms with Crippen molar-refractivity contribution in [3.63, 3.8) is 0 Å². The summed E-state index contributed by atoms with van der Waals surface area (Å²) in [6, 6.07) is 5.85. The van der Waals surface area contributed by atoms with E-state index in [0.29, 0.717) is 0 Å². The lowest BCUT2D eigenvalue weighted by atomic mass is 10.0. The van der Waals surface area contributed by atoms with Gasteiger partial charge in [0.25, 0.3) is 0 Å². The number of para-hydroxylation sites is 1. The fourth-order valence-electron chi connectivity index (χ4n) is 1.78. The SMILES string of the molecule is CCCC[C@@H](N)c1cccc(OC)c1OC. The Kier molecular flexibility index (Phi) is 5.12. The number of rotatable bonds is 6. The fraction of sp³-hybridized carbons (Fsp3) is 0.538. The van der Waals surface area contributed by atoms with E-state index >= 15 is 0 Å². The summed E-state index contributed by atoms with van der Waals surface area (Å²) >= 11 is 0. The van der Waals surface area contributed by atoms with Gasteiger partial charge >= 0.3 is 0 Å². The number of nitrogens with two attached hydrogens (primary N) is 1. The second-order valence-corrected chi connectivity index (χ2v) is 3.83. The molecule has 1 atom stereocenters. The first-order valence-corrected chi connectivity index (χ1v) is 5.71. The molecule has 0 saturated heterocycles. The third-order valence-electron chi connectivity index (χ3n) is 2.70. The number of methoxy groups -OCH3 is 2. The summed E-state index contributed by atoms with van der Waals surface area (Å²) in [5, 5.41) is 0. The molecule has 0 unspecified atom stereocenters. The second kappa shape index (κ2) is 6.38. The Morgan fingerprint density at radius 1 is 1.25 bits per heavy atom. The first kappa shape index (κ1) is 12.8. The summed E-state index contributed by atoms with van der Waals surface area (Å²) in [5.74, 6) is 1.50. The topological polar surface area (TPSA) is 44.5 Å². The minimum atomic E-state index is 0.0185. The Bertz CT molecular complexity index is 326. The van der Waals surface area contributed by atoms with Crippen LogP contribution in [0.1, 0.15) is 37.8 Å². The van der Waals surface area contributed by atoms with E-state index in [2.05, 4.69) is 6.92 Å². The van der Waals surface area contributed by atoms with Crippen molar-refractivity contribution in [2.45, 2.75) is 32.2 Å².